The first kappa shape index (κ1) is 21.2. The van der Waals surface area contributed by atoms with Gasteiger partial charge in [0.2, 0.25) is 0 Å². The quantitative estimate of drug-likeness (QED) is 0.623. The Morgan fingerprint density at radius 2 is 1.81 bits per heavy atom. The summed E-state index contributed by atoms with van der Waals surface area (Å²) < 4.78 is 66.2. The Labute approximate surface area is 162 Å². The molecule has 0 heterocycles. The van der Waals surface area contributed by atoms with Crippen molar-refractivity contribution < 1.29 is 21.6 Å². The van der Waals surface area contributed by atoms with Crippen molar-refractivity contribution in [1.29, 1.82) is 0 Å². The molecule has 0 saturated heterocycles. The van der Waals surface area contributed by atoms with E-state index >= 15 is 0 Å². The van der Waals surface area contributed by atoms with Crippen LogP contribution in [0.3, 0.4) is 0 Å². The van der Waals surface area contributed by atoms with E-state index in [2.05, 4.69) is 4.72 Å². The highest BCUT2D eigenvalue weighted by molar-refractivity contribution is 7.99. The van der Waals surface area contributed by atoms with Gasteiger partial charge in [0.15, 0.2) is 0 Å². The summed E-state index contributed by atoms with van der Waals surface area (Å²) in [5.41, 5.74) is 4.36. The van der Waals surface area contributed by atoms with E-state index in [0.717, 1.165) is 12.1 Å². The summed E-state index contributed by atoms with van der Waals surface area (Å²) in [5, 5.41) is -0.315. The first-order chi connectivity index (χ1) is 12.0. The van der Waals surface area contributed by atoms with E-state index in [1.54, 1.807) is 12.1 Å². The smallest absolute Gasteiger partial charge is 0.330 e. The molecular weight excluding hydrogens is 432 g/mol. The van der Waals surface area contributed by atoms with Gasteiger partial charge in [0.25, 0.3) is 10.0 Å². The molecule has 0 unspecified atom stereocenters. The Hall–Kier alpha value is -1.13. The van der Waals surface area contributed by atoms with Gasteiger partial charge in [0.05, 0.1) is 21.2 Å². The highest BCUT2D eigenvalue weighted by Crippen LogP contribution is 2.37. The minimum Gasteiger partial charge on any atom is -0.330 e. The molecule has 0 aromatic heterocycles. The summed E-state index contributed by atoms with van der Waals surface area (Å²) in [7, 11) is -4.29. The van der Waals surface area contributed by atoms with Crippen molar-refractivity contribution in [2.24, 2.45) is 5.73 Å². The zero-order valence-electron chi connectivity index (χ0n) is 13.0. The van der Waals surface area contributed by atoms with E-state index in [1.807, 2.05) is 0 Å². The first-order valence-electron chi connectivity index (χ1n) is 7.06. The van der Waals surface area contributed by atoms with Crippen molar-refractivity contribution >= 4 is 50.7 Å². The molecule has 0 aliphatic rings. The van der Waals surface area contributed by atoms with Crippen LogP contribution in [0.15, 0.2) is 46.2 Å². The lowest BCUT2D eigenvalue weighted by atomic mass is 10.2. The molecule has 0 fully saturated rings. The zero-order valence-corrected chi connectivity index (χ0v) is 16.1. The third-order valence-electron chi connectivity index (χ3n) is 3.11. The number of halogens is 5. The summed E-state index contributed by atoms with van der Waals surface area (Å²) in [6.45, 7) is 0.367. The molecule has 0 spiro atoms. The summed E-state index contributed by atoms with van der Waals surface area (Å²) in [4.78, 5) is -0.0163. The Morgan fingerprint density at radius 3 is 2.42 bits per heavy atom. The van der Waals surface area contributed by atoms with Gasteiger partial charge in [-0.2, -0.15) is 13.2 Å². The van der Waals surface area contributed by atoms with Crippen LogP contribution in [0.4, 0.5) is 18.9 Å². The molecular formula is C15H13Cl2F3N2O2S2. The van der Waals surface area contributed by atoms with Crippen molar-refractivity contribution in [3.63, 3.8) is 0 Å². The normalized spacial score (nSPS) is 12.2. The second-order valence-electron chi connectivity index (χ2n) is 5.02. The van der Waals surface area contributed by atoms with Gasteiger partial charge in [0, 0.05) is 22.2 Å². The third-order valence-corrected chi connectivity index (χ3v) is 6.15. The number of rotatable bonds is 6. The van der Waals surface area contributed by atoms with Crippen molar-refractivity contribution in [1.82, 2.24) is 0 Å². The number of anilines is 1. The Morgan fingerprint density at radius 1 is 1.12 bits per heavy atom. The second kappa shape index (κ2) is 8.26. The maximum atomic E-state index is 13.0. The van der Waals surface area contributed by atoms with Crippen LogP contribution in [0, 0.1) is 0 Å². The molecule has 2 aromatic carbocycles. The number of nitrogens with one attached hydrogen (secondary N) is 1. The number of hydrogen-bond acceptors (Lipinski definition) is 4. The van der Waals surface area contributed by atoms with Gasteiger partial charge in [-0.15, -0.1) is 11.8 Å². The average Bonchev–Trinajstić information content (AvgIpc) is 2.53. The summed E-state index contributed by atoms with van der Waals surface area (Å²) in [6, 6.07) is 6.92. The van der Waals surface area contributed by atoms with Crippen molar-refractivity contribution in [3.8, 4) is 0 Å². The lowest BCUT2D eigenvalue weighted by molar-refractivity contribution is -0.137. The average molecular weight is 445 g/mol. The van der Waals surface area contributed by atoms with Crippen LogP contribution >= 0.6 is 35.0 Å². The molecule has 0 bridgehead atoms. The van der Waals surface area contributed by atoms with Crippen LogP contribution in [0.25, 0.3) is 0 Å². The van der Waals surface area contributed by atoms with Gasteiger partial charge >= 0.3 is 6.18 Å². The molecule has 2 rings (SSSR count). The van der Waals surface area contributed by atoms with E-state index in [9.17, 15) is 21.6 Å². The van der Waals surface area contributed by atoms with E-state index in [-0.39, 0.29) is 10.7 Å². The summed E-state index contributed by atoms with van der Waals surface area (Å²) in [5.74, 6) is 0.523. The minimum atomic E-state index is -4.78. The Balaban J connectivity index is 2.42. The number of sulfonamides is 1. The van der Waals surface area contributed by atoms with E-state index < -0.39 is 31.7 Å². The van der Waals surface area contributed by atoms with Crippen LogP contribution in [-0.4, -0.2) is 20.7 Å². The van der Waals surface area contributed by atoms with Gasteiger partial charge in [-0.05, 0) is 36.4 Å². The fraction of sp³-hybridized carbons (Fsp3) is 0.200. The topological polar surface area (TPSA) is 72.2 Å². The summed E-state index contributed by atoms with van der Waals surface area (Å²) >= 11 is 12.7. The van der Waals surface area contributed by atoms with E-state index in [4.69, 9.17) is 28.9 Å². The van der Waals surface area contributed by atoms with Crippen LogP contribution in [0.1, 0.15) is 5.56 Å². The Kier molecular flexibility index (Phi) is 6.73. The number of benzene rings is 2. The number of hydrogen-bond donors (Lipinski definition) is 2. The predicted molar refractivity (Wildman–Crippen MR) is 98.5 cm³/mol. The fourth-order valence-electron chi connectivity index (χ4n) is 1.97. The van der Waals surface area contributed by atoms with Crippen LogP contribution in [0.2, 0.25) is 10.0 Å². The number of alkyl halides is 3. The monoisotopic (exact) mass is 444 g/mol. The lowest BCUT2D eigenvalue weighted by Crippen LogP contribution is -2.15. The third kappa shape index (κ3) is 5.20. The molecule has 11 heteroatoms. The van der Waals surface area contributed by atoms with Crippen LogP contribution in [-0.2, 0) is 16.2 Å². The molecule has 0 saturated carbocycles. The number of nitrogens with two attached hydrogens (primary N) is 1. The van der Waals surface area contributed by atoms with Crippen molar-refractivity contribution in [2.75, 3.05) is 17.0 Å². The van der Waals surface area contributed by atoms with E-state index in [1.165, 1.54) is 17.8 Å². The van der Waals surface area contributed by atoms with Crippen LogP contribution < -0.4 is 10.5 Å². The molecule has 2 aromatic rings. The van der Waals surface area contributed by atoms with E-state index in [0.29, 0.717) is 23.3 Å². The van der Waals surface area contributed by atoms with Crippen molar-refractivity contribution in [2.45, 2.75) is 16.0 Å². The maximum Gasteiger partial charge on any atom is 0.417 e. The SMILES string of the molecule is NCCSc1ccc(Cl)cc1NS(=O)(=O)c1ccc(Cl)c(C(F)(F)F)c1. The van der Waals surface area contributed by atoms with Gasteiger partial charge in [-0.1, -0.05) is 23.2 Å². The van der Waals surface area contributed by atoms with Crippen molar-refractivity contribution in [3.05, 3.63) is 52.0 Å². The predicted octanol–water partition coefficient (Wildman–Crippen LogP) is 4.86. The molecule has 0 aliphatic heterocycles. The standard InChI is InChI=1S/C15H13Cl2F3N2O2S2/c16-9-1-4-14(25-6-5-21)13(7-9)22-26(23,24)10-2-3-12(17)11(8-10)15(18,19)20/h1-4,7-8,22H,5-6,21H2. The molecule has 0 atom stereocenters. The second-order valence-corrected chi connectivity index (χ2v) is 8.69. The Bertz CT molecular complexity index is 906. The molecule has 0 radical (unpaired) electrons. The number of thioether (sulfide) groups is 1. The molecule has 4 nitrogen and oxygen atoms in total. The van der Waals surface area contributed by atoms with Gasteiger partial charge < -0.3 is 5.73 Å². The first-order valence-corrected chi connectivity index (χ1v) is 10.3. The maximum absolute atomic E-state index is 13.0. The molecule has 142 valence electrons. The summed E-state index contributed by atoms with van der Waals surface area (Å²) in [6.07, 6.45) is -4.78. The molecule has 0 aliphatic carbocycles. The lowest BCUT2D eigenvalue weighted by Gasteiger charge is -2.14. The highest BCUT2D eigenvalue weighted by atomic mass is 35.5. The highest BCUT2D eigenvalue weighted by Gasteiger charge is 2.34. The van der Waals surface area contributed by atoms with Crippen LogP contribution in [0.5, 0.6) is 0 Å². The fourth-order valence-corrected chi connectivity index (χ4v) is 4.29. The molecule has 0 amide bonds. The van der Waals surface area contributed by atoms with Gasteiger partial charge in [-0.3, -0.25) is 4.72 Å². The van der Waals surface area contributed by atoms with Gasteiger partial charge in [0.1, 0.15) is 0 Å². The molecule has 26 heavy (non-hydrogen) atoms. The molecule has 3 N–H and O–H groups in total. The minimum absolute atomic E-state index is 0.152. The van der Waals surface area contributed by atoms with Gasteiger partial charge in [-0.25, -0.2) is 8.42 Å². The zero-order chi connectivity index (χ0) is 19.5. The largest absolute Gasteiger partial charge is 0.417 e.